The molecule has 24 heavy (non-hydrogen) atoms. The van der Waals surface area contributed by atoms with E-state index >= 15 is 0 Å². The molecule has 0 unspecified atom stereocenters. The molecule has 0 amide bonds. The van der Waals surface area contributed by atoms with Crippen LogP contribution in [0.5, 0.6) is 0 Å². The predicted octanol–water partition coefficient (Wildman–Crippen LogP) is 4.59. The lowest BCUT2D eigenvalue weighted by atomic mass is 9.44. The van der Waals surface area contributed by atoms with E-state index in [4.69, 9.17) is 12.2 Å². The molecule has 6 fully saturated rings. The summed E-state index contributed by atoms with van der Waals surface area (Å²) in [5.41, 5.74) is 1.11. The Morgan fingerprint density at radius 3 is 1.42 bits per heavy atom. The van der Waals surface area contributed by atoms with E-state index in [0.717, 1.165) is 40.6 Å². The molecule has 3 heteroatoms. The molecule has 4 bridgehead atoms. The predicted molar refractivity (Wildman–Crippen MR) is 105 cm³/mol. The molecule has 6 rings (SSSR count). The van der Waals surface area contributed by atoms with Crippen LogP contribution in [-0.4, -0.2) is 17.2 Å². The summed E-state index contributed by atoms with van der Waals surface area (Å²) >= 11 is 5.72. The first-order valence-corrected chi connectivity index (χ1v) is 10.6. The average molecular weight is 349 g/mol. The molecule has 6 aliphatic carbocycles. The lowest BCUT2D eigenvalue weighted by Gasteiger charge is -2.63. The zero-order valence-corrected chi connectivity index (χ0v) is 17.2. The molecule has 0 aromatic rings. The number of rotatable bonds is 2. The highest BCUT2D eigenvalue weighted by Gasteiger charge is 2.57. The molecule has 2 nitrogen and oxygen atoms in total. The molecular formula is C21H36N2S. The first-order valence-electron chi connectivity index (χ1n) is 10.2. The largest absolute Gasteiger partial charge is 0.360 e. The van der Waals surface area contributed by atoms with Crippen LogP contribution >= 0.6 is 12.2 Å². The topological polar surface area (TPSA) is 24.1 Å². The first kappa shape index (κ1) is 17.1. The van der Waals surface area contributed by atoms with E-state index in [-0.39, 0.29) is 0 Å². The molecular weight excluding hydrogens is 312 g/mol. The van der Waals surface area contributed by atoms with Crippen molar-refractivity contribution in [2.24, 2.45) is 46.3 Å². The van der Waals surface area contributed by atoms with E-state index < -0.39 is 0 Å². The fourth-order valence-corrected chi connectivity index (χ4v) is 7.36. The van der Waals surface area contributed by atoms with E-state index in [1.807, 2.05) is 0 Å². The second-order valence-corrected chi connectivity index (χ2v) is 11.1. The lowest BCUT2D eigenvalue weighted by Crippen LogP contribution is -2.64. The van der Waals surface area contributed by atoms with Gasteiger partial charge in [-0.2, -0.15) is 0 Å². The minimum atomic E-state index is 0.553. The molecule has 0 spiro atoms. The fourth-order valence-electron chi connectivity index (χ4n) is 7.06. The highest BCUT2D eigenvalue weighted by Crippen LogP contribution is 2.62. The Hall–Kier alpha value is -0.310. The number of thiocarbonyl (C=S) groups is 1. The summed E-state index contributed by atoms with van der Waals surface area (Å²) in [6.45, 7) is 14.7. The van der Waals surface area contributed by atoms with E-state index in [0.29, 0.717) is 22.9 Å². The van der Waals surface area contributed by atoms with Crippen molar-refractivity contribution in [3.05, 3.63) is 0 Å². The molecule has 6 saturated carbocycles. The number of nitrogens with one attached hydrogen (secondary N) is 2. The second-order valence-electron chi connectivity index (χ2n) is 10.7. The zero-order valence-electron chi connectivity index (χ0n) is 16.4. The third-order valence-electron chi connectivity index (χ3n) is 9.34. The van der Waals surface area contributed by atoms with Crippen molar-refractivity contribution in [1.82, 2.24) is 10.6 Å². The summed E-state index contributed by atoms with van der Waals surface area (Å²) in [6, 6.07) is 1.15. The lowest BCUT2D eigenvalue weighted by molar-refractivity contribution is -0.114. The van der Waals surface area contributed by atoms with E-state index in [2.05, 4.69) is 52.2 Å². The van der Waals surface area contributed by atoms with Crippen LogP contribution in [-0.2, 0) is 0 Å². The van der Waals surface area contributed by atoms with Crippen LogP contribution in [0.3, 0.4) is 0 Å². The maximum atomic E-state index is 5.72. The van der Waals surface area contributed by atoms with Crippen LogP contribution in [0.1, 0.15) is 67.2 Å². The van der Waals surface area contributed by atoms with Gasteiger partial charge < -0.3 is 10.6 Å². The molecule has 6 aliphatic rings. The highest BCUT2D eigenvalue weighted by molar-refractivity contribution is 7.80. The SMILES string of the molecule is C[C@@H]1[C@H]2C[C@@H](C[C@H]1NC(=S)N[C@@H]1C[C@@H]3C[C@H]([C@H]1C)C3(C)C)C2(C)C. The van der Waals surface area contributed by atoms with Crippen LogP contribution < -0.4 is 10.6 Å². The van der Waals surface area contributed by atoms with Gasteiger partial charge in [0, 0.05) is 12.1 Å². The molecule has 0 saturated heterocycles. The van der Waals surface area contributed by atoms with Crippen molar-refractivity contribution in [3.8, 4) is 0 Å². The van der Waals surface area contributed by atoms with Crippen molar-refractivity contribution >= 4 is 17.3 Å². The molecule has 2 N–H and O–H groups in total. The van der Waals surface area contributed by atoms with E-state index in [1.54, 1.807) is 0 Å². The van der Waals surface area contributed by atoms with Gasteiger partial charge in [0.25, 0.3) is 0 Å². The van der Waals surface area contributed by atoms with Crippen molar-refractivity contribution in [3.63, 3.8) is 0 Å². The Bertz CT molecular complexity index is 494. The zero-order chi connectivity index (χ0) is 17.4. The van der Waals surface area contributed by atoms with Gasteiger partial charge in [0.05, 0.1) is 0 Å². The van der Waals surface area contributed by atoms with Gasteiger partial charge in [0.1, 0.15) is 0 Å². The Labute approximate surface area is 153 Å². The van der Waals surface area contributed by atoms with Crippen LogP contribution in [0.25, 0.3) is 0 Å². The Morgan fingerprint density at radius 2 is 1.12 bits per heavy atom. The van der Waals surface area contributed by atoms with Crippen molar-refractivity contribution < 1.29 is 0 Å². The number of hydrogen-bond donors (Lipinski definition) is 2. The van der Waals surface area contributed by atoms with Crippen LogP contribution in [0.15, 0.2) is 0 Å². The Morgan fingerprint density at radius 1 is 0.750 bits per heavy atom. The van der Waals surface area contributed by atoms with Gasteiger partial charge in [-0.15, -0.1) is 0 Å². The summed E-state index contributed by atoms with van der Waals surface area (Å²) in [7, 11) is 0. The molecule has 0 aromatic carbocycles. The highest BCUT2D eigenvalue weighted by atomic mass is 32.1. The average Bonchev–Trinajstić information content (AvgIpc) is 2.50. The molecule has 0 aromatic heterocycles. The summed E-state index contributed by atoms with van der Waals surface area (Å²) in [4.78, 5) is 0. The molecule has 0 aliphatic heterocycles. The molecule has 0 heterocycles. The molecule has 0 radical (unpaired) electrons. The Kier molecular flexibility index (Phi) is 3.81. The summed E-state index contributed by atoms with van der Waals surface area (Å²) in [5, 5.41) is 8.33. The Balaban J connectivity index is 1.32. The minimum absolute atomic E-state index is 0.553. The van der Waals surface area contributed by atoms with Gasteiger partial charge in [-0.05, 0) is 84.2 Å². The van der Waals surface area contributed by atoms with Gasteiger partial charge in [-0.1, -0.05) is 41.5 Å². The summed E-state index contributed by atoms with van der Waals surface area (Å²) in [6.07, 6.45) is 5.46. The summed E-state index contributed by atoms with van der Waals surface area (Å²) in [5.74, 6) is 5.00. The normalized spacial score (nSPS) is 50.2. The number of fused-ring (bicyclic) bond motifs is 4. The quantitative estimate of drug-likeness (QED) is 0.714. The van der Waals surface area contributed by atoms with Crippen molar-refractivity contribution in [2.75, 3.05) is 0 Å². The van der Waals surface area contributed by atoms with E-state index in [9.17, 15) is 0 Å². The summed E-state index contributed by atoms with van der Waals surface area (Å²) < 4.78 is 0. The maximum absolute atomic E-state index is 5.72. The minimum Gasteiger partial charge on any atom is -0.360 e. The second kappa shape index (κ2) is 5.34. The van der Waals surface area contributed by atoms with Crippen LogP contribution in [0.2, 0.25) is 0 Å². The number of hydrogen-bond acceptors (Lipinski definition) is 1. The van der Waals surface area contributed by atoms with Gasteiger partial charge in [0.2, 0.25) is 0 Å². The maximum Gasteiger partial charge on any atom is 0.166 e. The van der Waals surface area contributed by atoms with Gasteiger partial charge in [0.15, 0.2) is 5.11 Å². The third-order valence-corrected chi connectivity index (χ3v) is 9.58. The fraction of sp³-hybridized carbons (Fsp3) is 0.952. The smallest absolute Gasteiger partial charge is 0.166 e. The van der Waals surface area contributed by atoms with Crippen molar-refractivity contribution in [1.29, 1.82) is 0 Å². The van der Waals surface area contributed by atoms with Crippen LogP contribution in [0.4, 0.5) is 0 Å². The van der Waals surface area contributed by atoms with Gasteiger partial charge >= 0.3 is 0 Å². The van der Waals surface area contributed by atoms with E-state index in [1.165, 1.54) is 25.7 Å². The molecule has 8 atom stereocenters. The monoisotopic (exact) mass is 348 g/mol. The van der Waals surface area contributed by atoms with Gasteiger partial charge in [-0.25, -0.2) is 0 Å². The molecule has 136 valence electrons. The van der Waals surface area contributed by atoms with Crippen molar-refractivity contribution in [2.45, 2.75) is 79.3 Å². The van der Waals surface area contributed by atoms with Gasteiger partial charge in [-0.3, -0.25) is 0 Å². The third kappa shape index (κ3) is 2.29. The first-order chi connectivity index (χ1) is 11.1. The van der Waals surface area contributed by atoms with Crippen LogP contribution in [0, 0.1) is 46.3 Å². The standard InChI is InChI=1S/C21H36N2S/c1-11-15-7-13(20(15,3)4)9-17(11)22-19(24)23-18-10-14-8-16(12(18)2)21(14,5)6/h11-18H,7-10H2,1-6H3,(H2,22,23,24)/t11-,12-,13+,14+,15-,16-,17-,18-/m1/s1.